The zero-order valence-corrected chi connectivity index (χ0v) is 20.4. The standard InChI is InChI=1S/C12H23NO.C10H12O2.C3H6.C2H6/c1-2-6-12(7-3-1)13-8-4-10-14-11-5-9-13;1-2-9-4-3-5-10(8-9)12-7-6-11;1-3-2;1-2/h12H,1-11H2;2-5,8,11H,1,6-7H2;3H,1H2,2H3;1-2H3. The van der Waals surface area contributed by atoms with Crippen LogP contribution in [0, 0.1) is 0 Å². The lowest BCUT2D eigenvalue weighted by molar-refractivity contribution is 0.0646. The number of hydrogen-bond donors (Lipinski definition) is 1. The molecule has 0 spiro atoms. The first-order valence-electron chi connectivity index (χ1n) is 12.1. The summed E-state index contributed by atoms with van der Waals surface area (Å²) in [5, 5.41) is 8.51. The van der Waals surface area contributed by atoms with Crippen molar-refractivity contribution in [2.24, 2.45) is 0 Å². The van der Waals surface area contributed by atoms with Crippen molar-refractivity contribution in [1.29, 1.82) is 0 Å². The van der Waals surface area contributed by atoms with Gasteiger partial charge in [-0.05, 0) is 50.3 Å². The van der Waals surface area contributed by atoms with Gasteiger partial charge in [-0.25, -0.2) is 0 Å². The molecule has 4 heteroatoms. The van der Waals surface area contributed by atoms with Gasteiger partial charge in [-0.2, -0.15) is 0 Å². The molecule has 2 fully saturated rings. The fourth-order valence-corrected chi connectivity index (χ4v) is 3.66. The van der Waals surface area contributed by atoms with E-state index in [2.05, 4.69) is 18.1 Å². The first-order chi connectivity index (χ1) is 15.2. The summed E-state index contributed by atoms with van der Waals surface area (Å²) in [5.74, 6) is 0.765. The summed E-state index contributed by atoms with van der Waals surface area (Å²) in [7, 11) is 0. The van der Waals surface area contributed by atoms with E-state index in [0.717, 1.165) is 30.6 Å². The lowest BCUT2D eigenvalue weighted by Crippen LogP contribution is -2.39. The Balaban J connectivity index is 0.000000486. The van der Waals surface area contributed by atoms with Crippen LogP contribution in [0.25, 0.3) is 6.08 Å². The number of ether oxygens (including phenoxy) is 2. The largest absolute Gasteiger partial charge is 0.491 e. The van der Waals surface area contributed by atoms with E-state index in [9.17, 15) is 0 Å². The van der Waals surface area contributed by atoms with Crippen molar-refractivity contribution in [2.75, 3.05) is 39.5 Å². The summed E-state index contributed by atoms with van der Waals surface area (Å²) in [6.45, 7) is 17.8. The van der Waals surface area contributed by atoms with Gasteiger partial charge in [-0.15, -0.1) is 6.58 Å². The van der Waals surface area contributed by atoms with E-state index >= 15 is 0 Å². The smallest absolute Gasteiger partial charge is 0.120 e. The van der Waals surface area contributed by atoms with E-state index in [4.69, 9.17) is 14.6 Å². The molecule has 0 radical (unpaired) electrons. The van der Waals surface area contributed by atoms with Crippen molar-refractivity contribution >= 4 is 6.08 Å². The van der Waals surface area contributed by atoms with Crippen LogP contribution in [0.2, 0.25) is 0 Å². The Kier molecular flexibility index (Phi) is 20.5. The van der Waals surface area contributed by atoms with Crippen LogP contribution in [0.5, 0.6) is 5.75 Å². The van der Waals surface area contributed by atoms with Crippen LogP contribution in [-0.2, 0) is 4.74 Å². The molecule has 1 aromatic carbocycles. The molecule has 1 saturated carbocycles. The van der Waals surface area contributed by atoms with Gasteiger partial charge in [-0.3, -0.25) is 0 Å². The third kappa shape index (κ3) is 14.9. The minimum absolute atomic E-state index is 0.0400. The van der Waals surface area contributed by atoms with Crippen LogP contribution in [0.3, 0.4) is 0 Å². The van der Waals surface area contributed by atoms with Gasteiger partial charge in [0.1, 0.15) is 12.4 Å². The van der Waals surface area contributed by atoms with E-state index in [1.54, 1.807) is 12.2 Å². The molecule has 0 atom stereocenters. The average Bonchev–Trinajstić information content (AvgIpc) is 2.80. The Labute approximate surface area is 192 Å². The maximum Gasteiger partial charge on any atom is 0.120 e. The average molecular weight is 434 g/mol. The lowest BCUT2D eigenvalue weighted by Gasteiger charge is -2.35. The van der Waals surface area contributed by atoms with E-state index in [-0.39, 0.29) is 6.61 Å². The van der Waals surface area contributed by atoms with E-state index < -0.39 is 0 Å². The fraction of sp³-hybridized carbons (Fsp3) is 0.630. The Morgan fingerprint density at radius 2 is 1.68 bits per heavy atom. The van der Waals surface area contributed by atoms with Crippen molar-refractivity contribution in [3.8, 4) is 5.75 Å². The van der Waals surface area contributed by atoms with Crippen LogP contribution < -0.4 is 4.74 Å². The van der Waals surface area contributed by atoms with Crippen molar-refractivity contribution in [3.63, 3.8) is 0 Å². The third-order valence-corrected chi connectivity index (χ3v) is 5.01. The van der Waals surface area contributed by atoms with Gasteiger partial charge >= 0.3 is 0 Å². The normalized spacial score (nSPS) is 17.0. The van der Waals surface area contributed by atoms with Crippen LogP contribution in [0.4, 0.5) is 0 Å². The summed E-state index contributed by atoms with van der Waals surface area (Å²) >= 11 is 0. The van der Waals surface area contributed by atoms with E-state index in [1.165, 1.54) is 58.0 Å². The summed E-state index contributed by atoms with van der Waals surface area (Å²) in [6.07, 6.45) is 13.2. The Morgan fingerprint density at radius 3 is 2.23 bits per heavy atom. The van der Waals surface area contributed by atoms with Crippen LogP contribution in [0.1, 0.15) is 71.3 Å². The van der Waals surface area contributed by atoms with Crippen LogP contribution in [0.15, 0.2) is 43.5 Å². The molecule has 0 bridgehead atoms. The van der Waals surface area contributed by atoms with Gasteiger partial charge in [0.2, 0.25) is 0 Å². The first-order valence-corrected chi connectivity index (χ1v) is 12.1. The number of nitrogens with zero attached hydrogens (tertiary/aromatic N) is 1. The molecule has 4 nitrogen and oxygen atoms in total. The van der Waals surface area contributed by atoms with Crippen molar-refractivity contribution < 1.29 is 14.6 Å². The number of rotatable bonds is 5. The molecule has 0 unspecified atom stereocenters. The van der Waals surface area contributed by atoms with Crippen LogP contribution >= 0.6 is 0 Å². The highest BCUT2D eigenvalue weighted by Crippen LogP contribution is 2.23. The molecule has 31 heavy (non-hydrogen) atoms. The molecular formula is C27H47NO3. The molecule has 1 saturated heterocycles. The van der Waals surface area contributed by atoms with Gasteiger partial charge in [0, 0.05) is 32.3 Å². The molecule has 0 amide bonds. The third-order valence-electron chi connectivity index (χ3n) is 5.01. The summed E-state index contributed by atoms with van der Waals surface area (Å²) in [4.78, 5) is 2.72. The van der Waals surface area contributed by atoms with Gasteiger partial charge in [0.05, 0.1) is 6.61 Å². The molecule has 1 heterocycles. The molecular weight excluding hydrogens is 386 g/mol. The summed E-state index contributed by atoms with van der Waals surface area (Å²) in [5.41, 5.74) is 1.02. The van der Waals surface area contributed by atoms with Crippen molar-refractivity contribution in [1.82, 2.24) is 4.90 Å². The molecule has 1 N–H and O–H groups in total. The molecule has 178 valence electrons. The maximum absolute atomic E-state index is 8.51. The minimum Gasteiger partial charge on any atom is -0.491 e. The second-order valence-corrected chi connectivity index (χ2v) is 7.40. The molecule has 1 aliphatic carbocycles. The SMILES string of the molecule is C1CCC(N2CCCOCCC2)CC1.C=CC.C=Cc1cccc(OCCO)c1.CC. The second kappa shape index (κ2) is 21.6. The Morgan fingerprint density at radius 1 is 1.06 bits per heavy atom. The number of allylic oxidation sites excluding steroid dienone is 1. The van der Waals surface area contributed by atoms with Crippen molar-refractivity contribution in [2.45, 2.75) is 71.8 Å². The molecule has 2 aliphatic rings. The summed E-state index contributed by atoms with van der Waals surface area (Å²) in [6, 6.07) is 8.47. The first kappa shape index (κ1) is 29.4. The predicted molar refractivity (Wildman–Crippen MR) is 135 cm³/mol. The maximum atomic E-state index is 8.51. The zero-order valence-electron chi connectivity index (χ0n) is 20.4. The lowest BCUT2D eigenvalue weighted by atomic mass is 9.94. The molecule has 3 rings (SSSR count). The number of aliphatic hydroxyl groups excluding tert-OH is 1. The van der Waals surface area contributed by atoms with E-state index in [0.29, 0.717) is 6.61 Å². The number of hydrogen-bond acceptors (Lipinski definition) is 4. The van der Waals surface area contributed by atoms with Crippen LogP contribution in [-0.4, -0.2) is 55.6 Å². The Bertz CT molecular complexity index is 533. The summed E-state index contributed by atoms with van der Waals surface area (Å²) < 4.78 is 10.7. The van der Waals surface area contributed by atoms with Gasteiger partial charge < -0.3 is 19.5 Å². The zero-order chi connectivity index (χ0) is 23.2. The van der Waals surface area contributed by atoms with E-state index in [1.807, 2.05) is 45.0 Å². The van der Waals surface area contributed by atoms with Crippen molar-refractivity contribution in [3.05, 3.63) is 49.1 Å². The highest BCUT2D eigenvalue weighted by Gasteiger charge is 2.20. The monoisotopic (exact) mass is 433 g/mol. The predicted octanol–water partition coefficient (Wildman–Crippen LogP) is 6.35. The molecule has 1 aromatic rings. The quantitative estimate of drug-likeness (QED) is 0.549. The number of aliphatic hydroxyl groups is 1. The van der Waals surface area contributed by atoms with Gasteiger partial charge in [-0.1, -0.05) is 64.0 Å². The highest BCUT2D eigenvalue weighted by molar-refractivity contribution is 5.49. The Hall–Kier alpha value is -1.62. The minimum atomic E-state index is 0.0400. The fourth-order valence-electron chi connectivity index (χ4n) is 3.66. The topological polar surface area (TPSA) is 41.9 Å². The van der Waals surface area contributed by atoms with Gasteiger partial charge in [0.25, 0.3) is 0 Å². The highest BCUT2D eigenvalue weighted by atomic mass is 16.5. The molecule has 0 aromatic heterocycles. The van der Waals surface area contributed by atoms with Gasteiger partial charge in [0.15, 0.2) is 0 Å². The second-order valence-electron chi connectivity index (χ2n) is 7.40. The number of benzene rings is 1. The molecule has 1 aliphatic heterocycles.